The highest BCUT2D eigenvalue weighted by Gasteiger charge is 2.45. The molecule has 3 amide bonds. The molecular weight excluding hydrogens is 478 g/mol. The van der Waals surface area contributed by atoms with Crippen LogP contribution >= 0.6 is 0 Å². The number of hydrogen-bond acceptors (Lipinski definition) is 4. The van der Waals surface area contributed by atoms with Gasteiger partial charge in [-0.3, -0.25) is 9.59 Å². The Morgan fingerprint density at radius 1 is 1.03 bits per heavy atom. The van der Waals surface area contributed by atoms with Gasteiger partial charge in [0.25, 0.3) is 0 Å². The van der Waals surface area contributed by atoms with E-state index in [1.165, 1.54) is 0 Å². The molecule has 1 fully saturated rings. The Hall–Kier alpha value is -3.35. The smallest absolute Gasteiger partial charge is 0.408 e. The van der Waals surface area contributed by atoms with Crippen LogP contribution in [-0.2, 0) is 20.9 Å². The van der Waals surface area contributed by atoms with Crippen molar-refractivity contribution in [1.82, 2.24) is 15.5 Å². The van der Waals surface area contributed by atoms with E-state index in [9.17, 15) is 14.4 Å². The van der Waals surface area contributed by atoms with Crippen molar-refractivity contribution in [2.24, 2.45) is 5.92 Å². The van der Waals surface area contributed by atoms with E-state index in [-0.39, 0.29) is 23.8 Å². The molecule has 3 atom stereocenters. The third-order valence-electron chi connectivity index (χ3n) is 7.12. The Labute approximate surface area is 227 Å². The summed E-state index contributed by atoms with van der Waals surface area (Å²) in [5, 5.41) is 5.90. The minimum Gasteiger partial charge on any atom is -0.444 e. The van der Waals surface area contributed by atoms with E-state index in [2.05, 4.69) is 10.6 Å². The number of nitrogens with zero attached hydrogens (tertiary/aromatic N) is 1. The fourth-order valence-corrected chi connectivity index (χ4v) is 4.52. The summed E-state index contributed by atoms with van der Waals surface area (Å²) in [6.45, 7) is 13.6. The van der Waals surface area contributed by atoms with Crippen LogP contribution in [0.5, 0.6) is 0 Å². The third-order valence-corrected chi connectivity index (χ3v) is 7.12. The first-order valence-electron chi connectivity index (χ1n) is 13.6. The van der Waals surface area contributed by atoms with Crippen molar-refractivity contribution in [1.29, 1.82) is 0 Å². The zero-order valence-corrected chi connectivity index (χ0v) is 23.8. The zero-order valence-electron chi connectivity index (χ0n) is 23.8. The Balaban J connectivity index is 1.99. The minimum atomic E-state index is -0.815. The lowest BCUT2D eigenvalue weighted by Gasteiger charge is -2.37. The van der Waals surface area contributed by atoms with Gasteiger partial charge < -0.3 is 20.3 Å². The molecule has 206 valence electrons. The van der Waals surface area contributed by atoms with E-state index in [0.717, 1.165) is 35.1 Å². The van der Waals surface area contributed by atoms with Crippen LogP contribution in [0.15, 0.2) is 48.5 Å². The van der Waals surface area contributed by atoms with Crippen LogP contribution in [0.25, 0.3) is 0 Å². The Kier molecular flexibility index (Phi) is 9.58. The third kappa shape index (κ3) is 7.59. The number of hydrogen-bond donors (Lipinski definition) is 2. The number of ether oxygens (including phenoxy) is 1. The summed E-state index contributed by atoms with van der Waals surface area (Å²) in [7, 11) is 0. The number of carbonyl (C=O) groups is 3. The number of rotatable bonds is 10. The summed E-state index contributed by atoms with van der Waals surface area (Å²) in [5.41, 5.74) is 3.12. The average molecular weight is 522 g/mol. The van der Waals surface area contributed by atoms with Gasteiger partial charge in [-0.2, -0.15) is 0 Å². The van der Waals surface area contributed by atoms with Crippen molar-refractivity contribution in [3.63, 3.8) is 0 Å². The molecule has 2 aromatic rings. The van der Waals surface area contributed by atoms with Gasteiger partial charge >= 0.3 is 6.09 Å². The van der Waals surface area contributed by atoms with Crippen molar-refractivity contribution in [2.75, 3.05) is 0 Å². The normalized spacial score (nSPS) is 15.7. The fourth-order valence-electron chi connectivity index (χ4n) is 4.52. The van der Waals surface area contributed by atoms with Gasteiger partial charge in [-0.1, -0.05) is 68.8 Å². The van der Waals surface area contributed by atoms with E-state index < -0.39 is 23.8 Å². The Morgan fingerprint density at radius 2 is 1.68 bits per heavy atom. The summed E-state index contributed by atoms with van der Waals surface area (Å²) in [5.74, 6) is -0.639. The number of carbonyl (C=O) groups excluding carboxylic acids is 3. The standard InChI is InChI=1S/C31H43N3O4/c1-8-20(2)26(33-30(37)38-31(5,6)7)29(36)34(24-17-18-24)27(25-16-12-13-21(3)22(25)4)28(35)32-19-23-14-10-9-11-15-23/h9-16,20,24,26-27H,8,17-19H2,1-7H3,(H,32,35)(H,33,37). The molecule has 0 aromatic heterocycles. The summed E-state index contributed by atoms with van der Waals surface area (Å²) in [4.78, 5) is 42.7. The van der Waals surface area contributed by atoms with E-state index in [0.29, 0.717) is 13.0 Å². The first-order valence-corrected chi connectivity index (χ1v) is 13.6. The number of nitrogens with one attached hydrogen (secondary N) is 2. The van der Waals surface area contributed by atoms with Gasteiger partial charge in [0.15, 0.2) is 0 Å². The van der Waals surface area contributed by atoms with Crippen molar-refractivity contribution < 1.29 is 19.1 Å². The van der Waals surface area contributed by atoms with E-state index in [1.807, 2.05) is 76.2 Å². The lowest BCUT2D eigenvalue weighted by atomic mass is 9.92. The molecular formula is C31H43N3O4. The van der Waals surface area contributed by atoms with Gasteiger partial charge in [0.05, 0.1) is 0 Å². The molecule has 0 bridgehead atoms. The van der Waals surface area contributed by atoms with Crippen LogP contribution in [0.4, 0.5) is 4.79 Å². The van der Waals surface area contributed by atoms with Gasteiger partial charge in [-0.15, -0.1) is 0 Å². The van der Waals surface area contributed by atoms with Crippen LogP contribution in [0.2, 0.25) is 0 Å². The first kappa shape index (κ1) is 29.2. The second-order valence-corrected chi connectivity index (χ2v) is 11.4. The van der Waals surface area contributed by atoms with Crippen LogP contribution < -0.4 is 10.6 Å². The molecule has 3 unspecified atom stereocenters. The maximum absolute atomic E-state index is 14.3. The quantitative estimate of drug-likeness (QED) is 0.427. The van der Waals surface area contributed by atoms with E-state index >= 15 is 0 Å². The molecule has 2 N–H and O–H groups in total. The lowest BCUT2D eigenvalue weighted by Crippen LogP contribution is -2.56. The number of alkyl carbamates (subject to hydrolysis) is 1. The molecule has 1 aliphatic rings. The molecule has 0 saturated heterocycles. The predicted octanol–water partition coefficient (Wildman–Crippen LogP) is 5.59. The van der Waals surface area contributed by atoms with E-state index in [1.54, 1.807) is 25.7 Å². The van der Waals surface area contributed by atoms with Gasteiger partial charge in [0.2, 0.25) is 11.8 Å². The summed E-state index contributed by atoms with van der Waals surface area (Å²) < 4.78 is 5.48. The van der Waals surface area contributed by atoms with Crippen LogP contribution in [-0.4, -0.2) is 40.5 Å². The molecule has 0 spiro atoms. The van der Waals surface area contributed by atoms with Crippen molar-refractivity contribution in [3.05, 3.63) is 70.8 Å². The molecule has 7 nitrogen and oxygen atoms in total. The second kappa shape index (κ2) is 12.5. The number of amides is 3. The average Bonchev–Trinajstić information content (AvgIpc) is 3.70. The predicted molar refractivity (Wildman–Crippen MR) is 149 cm³/mol. The van der Waals surface area contributed by atoms with Crippen LogP contribution in [0, 0.1) is 19.8 Å². The van der Waals surface area contributed by atoms with Crippen molar-refractivity contribution in [2.45, 2.75) is 98.0 Å². The van der Waals surface area contributed by atoms with Gasteiger partial charge in [-0.05, 0) is 75.6 Å². The molecule has 0 heterocycles. The molecule has 0 aliphatic heterocycles. The highest BCUT2D eigenvalue weighted by molar-refractivity contribution is 5.93. The fraction of sp³-hybridized carbons (Fsp3) is 0.516. The van der Waals surface area contributed by atoms with Gasteiger partial charge in [0.1, 0.15) is 17.7 Å². The van der Waals surface area contributed by atoms with Gasteiger partial charge in [-0.25, -0.2) is 4.79 Å². The molecule has 1 aliphatic carbocycles. The topological polar surface area (TPSA) is 87.7 Å². The molecule has 7 heteroatoms. The molecule has 1 saturated carbocycles. The Morgan fingerprint density at radius 3 is 2.26 bits per heavy atom. The monoisotopic (exact) mass is 521 g/mol. The SMILES string of the molecule is CCC(C)C(NC(=O)OC(C)(C)C)C(=O)N(C1CC1)C(C(=O)NCc1ccccc1)c1cccc(C)c1C. The van der Waals surface area contributed by atoms with Crippen LogP contribution in [0.3, 0.4) is 0 Å². The highest BCUT2D eigenvalue weighted by Crippen LogP contribution is 2.37. The maximum atomic E-state index is 14.3. The summed E-state index contributed by atoms with van der Waals surface area (Å²) in [6.07, 6.45) is 1.68. The maximum Gasteiger partial charge on any atom is 0.408 e. The van der Waals surface area contributed by atoms with Crippen molar-refractivity contribution in [3.8, 4) is 0 Å². The molecule has 0 radical (unpaired) electrons. The molecule has 3 rings (SSSR count). The second-order valence-electron chi connectivity index (χ2n) is 11.4. The van der Waals surface area contributed by atoms with Gasteiger partial charge in [0, 0.05) is 12.6 Å². The summed E-state index contributed by atoms with van der Waals surface area (Å²) in [6, 6.07) is 13.9. The minimum absolute atomic E-state index is 0.0677. The summed E-state index contributed by atoms with van der Waals surface area (Å²) >= 11 is 0. The molecule has 2 aromatic carbocycles. The Bertz CT molecular complexity index is 1120. The molecule has 38 heavy (non-hydrogen) atoms. The highest BCUT2D eigenvalue weighted by atomic mass is 16.6. The number of benzene rings is 2. The van der Waals surface area contributed by atoms with E-state index in [4.69, 9.17) is 4.74 Å². The first-order chi connectivity index (χ1) is 17.9. The van der Waals surface area contributed by atoms with Crippen LogP contribution in [0.1, 0.15) is 82.2 Å². The lowest BCUT2D eigenvalue weighted by molar-refractivity contribution is -0.144. The van der Waals surface area contributed by atoms with Crippen molar-refractivity contribution >= 4 is 17.9 Å². The number of aryl methyl sites for hydroxylation is 1. The zero-order chi connectivity index (χ0) is 28.0. The largest absolute Gasteiger partial charge is 0.444 e.